The Morgan fingerprint density at radius 1 is 1.50 bits per heavy atom. The maximum atomic E-state index is 11.2. The Morgan fingerprint density at radius 2 is 2.08 bits per heavy atom. The quantitative estimate of drug-likeness (QED) is 0.587. The standard InChI is InChI=1S/C10H19NO/c1-7(2)10-8(3)5-6-11(10)9(4)12/h7-8,10H,5-6H2,1-4H3/t8-,10+/m1/s1. The van der Waals surface area contributed by atoms with Gasteiger partial charge in [-0.3, -0.25) is 4.79 Å². The zero-order valence-corrected chi connectivity index (χ0v) is 8.50. The van der Waals surface area contributed by atoms with Crippen LogP contribution < -0.4 is 0 Å². The molecule has 1 rings (SSSR count). The second-order valence-corrected chi connectivity index (χ2v) is 4.21. The minimum Gasteiger partial charge on any atom is -0.339 e. The molecule has 1 saturated heterocycles. The molecule has 1 heterocycles. The van der Waals surface area contributed by atoms with Gasteiger partial charge in [0, 0.05) is 19.5 Å². The van der Waals surface area contributed by atoms with E-state index in [-0.39, 0.29) is 5.91 Å². The zero-order chi connectivity index (χ0) is 9.30. The fourth-order valence-corrected chi connectivity index (χ4v) is 2.35. The molecule has 0 aliphatic carbocycles. The first-order chi connectivity index (χ1) is 5.54. The van der Waals surface area contributed by atoms with Crippen LogP contribution in [0.2, 0.25) is 0 Å². The summed E-state index contributed by atoms with van der Waals surface area (Å²) in [6.45, 7) is 9.27. The second kappa shape index (κ2) is 3.46. The fraction of sp³-hybridized carbons (Fsp3) is 0.900. The number of nitrogens with zero attached hydrogens (tertiary/aromatic N) is 1. The van der Waals surface area contributed by atoms with Gasteiger partial charge in [-0.15, -0.1) is 0 Å². The van der Waals surface area contributed by atoms with E-state index in [1.54, 1.807) is 6.92 Å². The van der Waals surface area contributed by atoms with Crippen LogP contribution >= 0.6 is 0 Å². The predicted octanol–water partition coefficient (Wildman–Crippen LogP) is 1.90. The molecule has 2 atom stereocenters. The lowest BCUT2D eigenvalue weighted by Crippen LogP contribution is -2.39. The van der Waals surface area contributed by atoms with Gasteiger partial charge in [-0.05, 0) is 18.3 Å². The molecular formula is C10H19NO. The highest BCUT2D eigenvalue weighted by atomic mass is 16.2. The molecule has 0 aromatic carbocycles. The van der Waals surface area contributed by atoms with Crippen molar-refractivity contribution in [2.24, 2.45) is 11.8 Å². The average Bonchev–Trinajstić information content (AvgIpc) is 2.30. The van der Waals surface area contributed by atoms with E-state index in [4.69, 9.17) is 0 Å². The van der Waals surface area contributed by atoms with Crippen molar-refractivity contribution in [3.63, 3.8) is 0 Å². The van der Waals surface area contributed by atoms with Crippen LogP contribution in [0, 0.1) is 11.8 Å². The van der Waals surface area contributed by atoms with Crippen LogP contribution in [-0.2, 0) is 4.79 Å². The average molecular weight is 169 g/mol. The number of carbonyl (C=O) groups excluding carboxylic acids is 1. The van der Waals surface area contributed by atoms with Crippen molar-refractivity contribution in [2.45, 2.75) is 40.2 Å². The summed E-state index contributed by atoms with van der Waals surface area (Å²) in [5.41, 5.74) is 0. The highest BCUT2D eigenvalue weighted by molar-refractivity contribution is 5.74. The molecule has 0 bridgehead atoms. The van der Waals surface area contributed by atoms with Gasteiger partial charge in [0.2, 0.25) is 5.91 Å². The SMILES string of the molecule is CC(=O)N1CC[C@@H](C)[C@@H]1C(C)C. The number of hydrogen-bond donors (Lipinski definition) is 0. The summed E-state index contributed by atoms with van der Waals surface area (Å²) in [6.07, 6.45) is 1.17. The monoisotopic (exact) mass is 169 g/mol. The van der Waals surface area contributed by atoms with Gasteiger partial charge in [0.05, 0.1) is 0 Å². The fourth-order valence-electron chi connectivity index (χ4n) is 2.35. The maximum absolute atomic E-state index is 11.2. The predicted molar refractivity (Wildman–Crippen MR) is 49.8 cm³/mol. The van der Waals surface area contributed by atoms with E-state index in [0.717, 1.165) is 6.54 Å². The summed E-state index contributed by atoms with van der Waals surface area (Å²) < 4.78 is 0. The molecule has 1 aliphatic rings. The van der Waals surface area contributed by atoms with Gasteiger partial charge in [-0.1, -0.05) is 20.8 Å². The van der Waals surface area contributed by atoms with Gasteiger partial charge in [-0.2, -0.15) is 0 Å². The van der Waals surface area contributed by atoms with Crippen LogP contribution in [0.3, 0.4) is 0 Å². The Kier molecular flexibility index (Phi) is 2.76. The Bertz CT molecular complexity index is 177. The van der Waals surface area contributed by atoms with Gasteiger partial charge in [0.1, 0.15) is 0 Å². The summed E-state index contributed by atoms with van der Waals surface area (Å²) in [5, 5.41) is 0. The van der Waals surface area contributed by atoms with E-state index in [9.17, 15) is 4.79 Å². The third kappa shape index (κ3) is 1.62. The number of rotatable bonds is 1. The normalized spacial score (nSPS) is 29.9. The number of carbonyl (C=O) groups is 1. The van der Waals surface area contributed by atoms with Crippen LogP contribution in [0.15, 0.2) is 0 Å². The van der Waals surface area contributed by atoms with Crippen molar-refractivity contribution in [1.29, 1.82) is 0 Å². The molecule has 0 spiro atoms. The van der Waals surface area contributed by atoms with Crippen molar-refractivity contribution in [3.8, 4) is 0 Å². The van der Waals surface area contributed by atoms with Crippen LogP contribution in [0.5, 0.6) is 0 Å². The first kappa shape index (κ1) is 9.56. The summed E-state index contributed by atoms with van der Waals surface area (Å²) >= 11 is 0. The Labute approximate surface area is 74.9 Å². The third-order valence-corrected chi connectivity index (χ3v) is 2.86. The number of hydrogen-bond acceptors (Lipinski definition) is 1. The number of amides is 1. The van der Waals surface area contributed by atoms with Crippen molar-refractivity contribution < 1.29 is 4.79 Å². The molecule has 2 nitrogen and oxygen atoms in total. The molecule has 1 aliphatic heterocycles. The van der Waals surface area contributed by atoms with Crippen molar-refractivity contribution in [2.75, 3.05) is 6.54 Å². The van der Waals surface area contributed by atoms with Crippen LogP contribution in [0.25, 0.3) is 0 Å². The Balaban J connectivity index is 2.70. The van der Waals surface area contributed by atoms with E-state index < -0.39 is 0 Å². The Hall–Kier alpha value is -0.530. The maximum Gasteiger partial charge on any atom is 0.219 e. The first-order valence-electron chi connectivity index (χ1n) is 4.81. The van der Waals surface area contributed by atoms with E-state index in [1.165, 1.54) is 6.42 Å². The van der Waals surface area contributed by atoms with E-state index in [2.05, 4.69) is 20.8 Å². The van der Waals surface area contributed by atoms with Gasteiger partial charge < -0.3 is 4.90 Å². The second-order valence-electron chi connectivity index (χ2n) is 4.21. The lowest BCUT2D eigenvalue weighted by molar-refractivity contribution is -0.130. The molecule has 12 heavy (non-hydrogen) atoms. The van der Waals surface area contributed by atoms with Crippen molar-refractivity contribution in [3.05, 3.63) is 0 Å². The molecule has 1 amide bonds. The van der Waals surface area contributed by atoms with E-state index in [0.29, 0.717) is 17.9 Å². The molecule has 0 aromatic rings. The molecule has 0 saturated carbocycles. The summed E-state index contributed by atoms with van der Waals surface area (Å²) in [4.78, 5) is 13.3. The Morgan fingerprint density at radius 3 is 2.42 bits per heavy atom. The smallest absolute Gasteiger partial charge is 0.219 e. The molecule has 2 heteroatoms. The molecule has 1 fully saturated rings. The van der Waals surface area contributed by atoms with Crippen molar-refractivity contribution >= 4 is 5.91 Å². The van der Waals surface area contributed by atoms with Gasteiger partial charge in [0.25, 0.3) is 0 Å². The topological polar surface area (TPSA) is 20.3 Å². The van der Waals surface area contributed by atoms with Crippen molar-refractivity contribution in [1.82, 2.24) is 4.90 Å². The number of likely N-dealkylation sites (tertiary alicyclic amines) is 1. The van der Waals surface area contributed by atoms with E-state index >= 15 is 0 Å². The van der Waals surface area contributed by atoms with Crippen LogP contribution in [0.1, 0.15) is 34.1 Å². The lowest BCUT2D eigenvalue weighted by atomic mass is 9.93. The molecule has 0 N–H and O–H groups in total. The molecular weight excluding hydrogens is 150 g/mol. The van der Waals surface area contributed by atoms with Crippen LogP contribution in [-0.4, -0.2) is 23.4 Å². The molecule has 0 radical (unpaired) electrons. The third-order valence-electron chi connectivity index (χ3n) is 2.86. The molecule has 70 valence electrons. The minimum atomic E-state index is 0.234. The zero-order valence-electron chi connectivity index (χ0n) is 8.50. The highest BCUT2D eigenvalue weighted by Gasteiger charge is 2.34. The van der Waals surface area contributed by atoms with Gasteiger partial charge in [-0.25, -0.2) is 0 Å². The van der Waals surface area contributed by atoms with Crippen LogP contribution in [0.4, 0.5) is 0 Å². The molecule has 0 aromatic heterocycles. The summed E-state index contributed by atoms with van der Waals surface area (Å²) in [6, 6.07) is 0.475. The van der Waals surface area contributed by atoms with Gasteiger partial charge in [0.15, 0.2) is 0 Å². The summed E-state index contributed by atoms with van der Waals surface area (Å²) in [5.74, 6) is 1.50. The largest absolute Gasteiger partial charge is 0.339 e. The minimum absolute atomic E-state index is 0.234. The van der Waals surface area contributed by atoms with E-state index in [1.807, 2.05) is 4.90 Å². The first-order valence-corrected chi connectivity index (χ1v) is 4.81. The molecule has 0 unspecified atom stereocenters. The summed E-state index contributed by atoms with van der Waals surface area (Å²) in [7, 11) is 0. The lowest BCUT2D eigenvalue weighted by Gasteiger charge is -2.29. The van der Waals surface area contributed by atoms with Gasteiger partial charge >= 0.3 is 0 Å². The highest BCUT2D eigenvalue weighted by Crippen LogP contribution is 2.28.